The van der Waals surface area contributed by atoms with E-state index in [4.69, 9.17) is 13.9 Å². The number of carbonyl (C=O) groups is 3. The highest BCUT2D eigenvalue weighted by Gasteiger charge is 2.57. The van der Waals surface area contributed by atoms with Gasteiger partial charge in [0.15, 0.2) is 17.0 Å². The molecule has 1 atom stereocenters. The fraction of sp³-hybridized carbons (Fsp3) is 0.533. The summed E-state index contributed by atoms with van der Waals surface area (Å²) in [5, 5.41) is 0. The summed E-state index contributed by atoms with van der Waals surface area (Å²) in [6, 6.07) is 3.19. The van der Waals surface area contributed by atoms with Gasteiger partial charge in [0.1, 0.15) is 0 Å². The number of ketones is 1. The summed E-state index contributed by atoms with van der Waals surface area (Å²) in [5.74, 6) is -1.71. The molecule has 6 heteroatoms. The second-order valence-corrected chi connectivity index (χ2v) is 5.15. The van der Waals surface area contributed by atoms with Gasteiger partial charge >= 0.3 is 11.9 Å². The molecule has 21 heavy (non-hydrogen) atoms. The van der Waals surface area contributed by atoms with E-state index < -0.39 is 23.3 Å². The molecule has 6 nitrogen and oxygen atoms in total. The van der Waals surface area contributed by atoms with E-state index in [1.54, 1.807) is 12.1 Å². The smallest absolute Gasteiger partial charge is 0.323 e. The molecule has 0 unspecified atom stereocenters. The molecule has 1 aliphatic carbocycles. The summed E-state index contributed by atoms with van der Waals surface area (Å²) in [6.45, 7) is 0. The van der Waals surface area contributed by atoms with Gasteiger partial charge in [0.2, 0.25) is 0 Å². The largest absolute Gasteiger partial charge is 0.468 e. The first-order valence-electron chi connectivity index (χ1n) is 6.79. The van der Waals surface area contributed by atoms with Crippen LogP contribution in [0.3, 0.4) is 0 Å². The molecule has 114 valence electrons. The first-order chi connectivity index (χ1) is 10.1. The molecule has 1 aliphatic rings. The van der Waals surface area contributed by atoms with Crippen LogP contribution in [0.15, 0.2) is 22.8 Å². The van der Waals surface area contributed by atoms with Crippen molar-refractivity contribution < 1.29 is 28.3 Å². The molecule has 0 spiro atoms. The maximum absolute atomic E-state index is 12.2. The summed E-state index contributed by atoms with van der Waals surface area (Å²) < 4.78 is 14.6. The number of ether oxygens (including phenoxy) is 2. The highest BCUT2D eigenvalue weighted by Crippen LogP contribution is 2.47. The van der Waals surface area contributed by atoms with Crippen LogP contribution in [-0.2, 0) is 19.1 Å². The third-order valence-corrected chi connectivity index (χ3v) is 4.15. The van der Waals surface area contributed by atoms with E-state index in [1.165, 1.54) is 20.5 Å². The van der Waals surface area contributed by atoms with Gasteiger partial charge in [-0.15, -0.1) is 0 Å². The molecule has 0 radical (unpaired) electrons. The number of rotatable bonds is 5. The zero-order chi connectivity index (χ0) is 15.5. The lowest BCUT2D eigenvalue weighted by Crippen LogP contribution is -2.44. The van der Waals surface area contributed by atoms with Crippen molar-refractivity contribution in [3.63, 3.8) is 0 Å². The molecule has 1 heterocycles. The molecule has 0 amide bonds. The molecule has 0 aromatic carbocycles. The van der Waals surface area contributed by atoms with Gasteiger partial charge in [0.25, 0.3) is 0 Å². The van der Waals surface area contributed by atoms with Crippen LogP contribution >= 0.6 is 0 Å². The van der Waals surface area contributed by atoms with Crippen molar-refractivity contribution in [3.8, 4) is 0 Å². The second kappa shape index (κ2) is 6.11. The lowest BCUT2D eigenvalue weighted by Gasteiger charge is -2.29. The van der Waals surface area contributed by atoms with Crippen LogP contribution in [-0.4, -0.2) is 31.9 Å². The number of hydrogen-bond donors (Lipinski definition) is 0. The van der Waals surface area contributed by atoms with Crippen LogP contribution < -0.4 is 0 Å². The minimum absolute atomic E-state index is 0.0533. The summed E-state index contributed by atoms with van der Waals surface area (Å²) in [4.78, 5) is 36.5. The lowest BCUT2D eigenvalue weighted by atomic mass is 9.75. The quantitative estimate of drug-likeness (QED) is 0.469. The first kappa shape index (κ1) is 15.3. The standard InChI is InChI=1S/C15H18O6/c1-19-13(17)15(14(18)20-2)7-3-5-10(15)9-11(16)12-6-4-8-21-12/h4,6,8,10H,3,5,7,9H2,1-2H3/t10-/m0/s1. The summed E-state index contributed by atoms with van der Waals surface area (Å²) in [5.41, 5.74) is -1.38. The zero-order valence-electron chi connectivity index (χ0n) is 12.1. The van der Waals surface area contributed by atoms with E-state index >= 15 is 0 Å². The highest BCUT2D eigenvalue weighted by molar-refractivity contribution is 6.02. The van der Waals surface area contributed by atoms with Crippen LogP contribution in [0.5, 0.6) is 0 Å². The molecular formula is C15H18O6. The Labute approximate surface area is 122 Å². The Hall–Kier alpha value is -2.11. The third-order valence-electron chi connectivity index (χ3n) is 4.15. The molecule has 1 aromatic heterocycles. The average molecular weight is 294 g/mol. The topological polar surface area (TPSA) is 82.8 Å². The van der Waals surface area contributed by atoms with E-state index in [2.05, 4.69) is 0 Å². The maximum atomic E-state index is 12.2. The third kappa shape index (κ3) is 2.57. The van der Waals surface area contributed by atoms with Gasteiger partial charge in [-0.25, -0.2) is 0 Å². The van der Waals surface area contributed by atoms with Crippen molar-refractivity contribution in [1.82, 2.24) is 0 Å². The van der Waals surface area contributed by atoms with Crippen molar-refractivity contribution in [2.24, 2.45) is 11.3 Å². The molecule has 1 fully saturated rings. The normalized spacial score (nSPS) is 20.0. The zero-order valence-corrected chi connectivity index (χ0v) is 12.1. The second-order valence-electron chi connectivity index (χ2n) is 5.15. The Bertz CT molecular complexity index is 514. The summed E-state index contributed by atoms with van der Waals surface area (Å²) in [7, 11) is 2.47. The van der Waals surface area contributed by atoms with Gasteiger partial charge in [-0.3, -0.25) is 14.4 Å². The van der Waals surface area contributed by atoms with E-state index in [1.807, 2.05) is 0 Å². The monoisotopic (exact) mass is 294 g/mol. The van der Waals surface area contributed by atoms with Crippen molar-refractivity contribution in [2.75, 3.05) is 14.2 Å². The van der Waals surface area contributed by atoms with E-state index in [0.29, 0.717) is 19.3 Å². The Kier molecular flexibility index (Phi) is 4.45. The number of esters is 2. The molecule has 0 aliphatic heterocycles. The molecular weight excluding hydrogens is 276 g/mol. The van der Waals surface area contributed by atoms with Crippen LogP contribution in [0.4, 0.5) is 0 Å². The van der Waals surface area contributed by atoms with Crippen molar-refractivity contribution in [3.05, 3.63) is 24.2 Å². The summed E-state index contributed by atoms with van der Waals surface area (Å²) in [6.07, 6.45) is 3.06. The molecule has 1 aromatic rings. The average Bonchev–Trinajstić information content (AvgIpc) is 3.15. The fourth-order valence-electron chi connectivity index (χ4n) is 3.10. The van der Waals surface area contributed by atoms with E-state index in [0.717, 1.165) is 0 Å². The number of furan rings is 1. The number of carbonyl (C=O) groups excluding carboxylic acids is 3. The van der Waals surface area contributed by atoms with Gasteiger partial charge in [0, 0.05) is 6.42 Å². The Morgan fingerprint density at radius 1 is 1.29 bits per heavy atom. The van der Waals surface area contributed by atoms with Gasteiger partial charge < -0.3 is 13.9 Å². The Morgan fingerprint density at radius 3 is 2.48 bits per heavy atom. The Balaban J connectivity index is 2.26. The van der Waals surface area contributed by atoms with Crippen molar-refractivity contribution in [1.29, 1.82) is 0 Å². The SMILES string of the molecule is COC(=O)C1(C(=O)OC)CCC[C@H]1CC(=O)c1ccco1. The number of hydrogen-bond acceptors (Lipinski definition) is 6. The minimum Gasteiger partial charge on any atom is -0.468 e. The van der Waals surface area contributed by atoms with Crippen LogP contribution in [0.1, 0.15) is 36.2 Å². The Morgan fingerprint density at radius 2 is 1.95 bits per heavy atom. The molecule has 2 rings (SSSR count). The maximum Gasteiger partial charge on any atom is 0.323 e. The van der Waals surface area contributed by atoms with E-state index in [9.17, 15) is 14.4 Å². The van der Waals surface area contributed by atoms with Gasteiger partial charge in [-0.2, -0.15) is 0 Å². The van der Waals surface area contributed by atoms with Gasteiger partial charge in [-0.05, 0) is 30.9 Å². The van der Waals surface area contributed by atoms with Crippen LogP contribution in [0.2, 0.25) is 0 Å². The molecule has 0 N–H and O–H groups in total. The first-order valence-corrected chi connectivity index (χ1v) is 6.79. The highest BCUT2D eigenvalue weighted by atomic mass is 16.5. The van der Waals surface area contributed by atoms with Gasteiger partial charge in [-0.1, -0.05) is 6.42 Å². The number of Topliss-reactive ketones (excluding diaryl/α,β-unsaturated/α-hetero) is 1. The van der Waals surface area contributed by atoms with Crippen molar-refractivity contribution in [2.45, 2.75) is 25.7 Å². The molecule has 1 saturated carbocycles. The van der Waals surface area contributed by atoms with Gasteiger partial charge in [0.05, 0.1) is 20.5 Å². The van der Waals surface area contributed by atoms with Crippen molar-refractivity contribution >= 4 is 17.7 Å². The molecule has 0 saturated heterocycles. The van der Waals surface area contributed by atoms with Crippen LogP contribution in [0.25, 0.3) is 0 Å². The summed E-state index contributed by atoms with van der Waals surface area (Å²) >= 11 is 0. The predicted molar refractivity (Wildman–Crippen MR) is 71.5 cm³/mol. The van der Waals surface area contributed by atoms with Crippen LogP contribution in [0, 0.1) is 11.3 Å². The predicted octanol–water partition coefficient (Wildman–Crippen LogP) is 1.98. The minimum atomic E-state index is -1.38. The fourth-order valence-corrected chi connectivity index (χ4v) is 3.10. The number of methoxy groups -OCH3 is 2. The van der Waals surface area contributed by atoms with E-state index in [-0.39, 0.29) is 18.0 Å². The molecule has 0 bridgehead atoms. The lowest BCUT2D eigenvalue weighted by molar-refractivity contribution is -0.172.